The van der Waals surface area contributed by atoms with E-state index in [4.69, 9.17) is 11.1 Å². The Morgan fingerprint density at radius 1 is 1.44 bits per heavy atom. The van der Waals surface area contributed by atoms with Crippen LogP contribution in [-0.2, 0) is 0 Å². The molecule has 6 nitrogen and oxygen atoms in total. The van der Waals surface area contributed by atoms with Crippen molar-refractivity contribution in [1.29, 1.82) is 5.26 Å². The Kier molecular flexibility index (Phi) is 4.86. The normalized spacial score (nSPS) is 12.1. The molecule has 0 saturated heterocycles. The van der Waals surface area contributed by atoms with Gasteiger partial charge in [0.15, 0.2) is 0 Å². The van der Waals surface area contributed by atoms with Gasteiger partial charge in [0.25, 0.3) is 0 Å². The molecule has 0 saturated carbocycles. The average molecular weight is 248 g/mol. The van der Waals surface area contributed by atoms with Gasteiger partial charge in [-0.1, -0.05) is 13.8 Å². The van der Waals surface area contributed by atoms with Crippen molar-refractivity contribution in [2.45, 2.75) is 39.2 Å². The smallest absolute Gasteiger partial charge is 0.148 e. The number of anilines is 2. The van der Waals surface area contributed by atoms with E-state index in [0.717, 1.165) is 11.4 Å². The van der Waals surface area contributed by atoms with Gasteiger partial charge in [0.2, 0.25) is 0 Å². The molecule has 98 valence electrons. The van der Waals surface area contributed by atoms with Crippen LogP contribution in [0.4, 0.5) is 11.6 Å². The first-order chi connectivity index (χ1) is 8.52. The highest BCUT2D eigenvalue weighted by Crippen LogP contribution is 2.30. The van der Waals surface area contributed by atoms with Crippen molar-refractivity contribution in [2.24, 2.45) is 5.84 Å². The highest BCUT2D eigenvalue weighted by Gasteiger charge is 2.20. The monoisotopic (exact) mass is 248 g/mol. The van der Waals surface area contributed by atoms with Gasteiger partial charge in [0.05, 0.1) is 12.5 Å². The largest absolute Gasteiger partial charge is 0.356 e. The van der Waals surface area contributed by atoms with E-state index in [1.807, 2.05) is 18.9 Å². The van der Waals surface area contributed by atoms with Crippen molar-refractivity contribution in [3.05, 3.63) is 11.9 Å². The molecule has 0 amide bonds. The SMILES string of the molecule is CC(C)c1c(NN)ncnc1N(C)C(C)CC#N. The zero-order valence-corrected chi connectivity index (χ0v) is 11.3. The molecule has 1 aromatic rings. The van der Waals surface area contributed by atoms with E-state index in [1.165, 1.54) is 6.33 Å². The Morgan fingerprint density at radius 2 is 2.11 bits per heavy atom. The fourth-order valence-corrected chi connectivity index (χ4v) is 1.79. The number of nitrogens with zero attached hydrogens (tertiary/aromatic N) is 4. The Labute approximate surface area is 108 Å². The molecule has 18 heavy (non-hydrogen) atoms. The zero-order chi connectivity index (χ0) is 13.7. The molecule has 0 aliphatic carbocycles. The summed E-state index contributed by atoms with van der Waals surface area (Å²) in [4.78, 5) is 10.4. The van der Waals surface area contributed by atoms with Crippen LogP contribution in [0.3, 0.4) is 0 Å². The second-order valence-corrected chi connectivity index (χ2v) is 4.58. The molecule has 1 aromatic heterocycles. The predicted molar refractivity (Wildman–Crippen MR) is 72.0 cm³/mol. The number of rotatable bonds is 5. The number of hydrogen-bond donors (Lipinski definition) is 2. The zero-order valence-electron chi connectivity index (χ0n) is 11.3. The maximum atomic E-state index is 8.77. The Bertz CT molecular complexity index is 437. The van der Waals surface area contributed by atoms with Crippen molar-refractivity contribution >= 4 is 11.6 Å². The van der Waals surface area contributed by atoms with Crippen molar-refractivity contribution in [3.63, 3.8) is 0 Å². The molecule has 0 aromatic carbocycles. The third-order valence-electron chi connectivity index (χ3n) is 2.96. The lowest BCUT2D eigenvalue weighted by Crippen LogP contribution is -2.31. The minimum Gasteiger partial charge on any atom is -0.356 e. The van der Waals surface area contributed by atoms with Crippen LogP contribution in [0.2, 0.25) is 0 Å². The fourth-order valence-electron chi connectivity index (χ4n) is 1.79. The highest BCUT2D eigenvalue weighted by molar-refractivity contribution is 5.59. The van der Waals surface area contributed by atoms with Crippen molar-refractivity contribution in [3.8, 4) is 6.07 Å². The van der Waals surface area contributed by atoms with Crippen LogP contribution in [0.1, 0.15) is 38.7 Å². The molecule has 1 heterocycles. The van der Waals surface area contributed by atoms with Gasteiger partial charge in [0.1, 0.15) is 18.0 Å². The molecule has 0 fully saturated rings. The van der Waals surface area contributed by atoms with E-state index in [2.05, 4.69) is 35.3 Å². The first-order valence-corrected chi connectivity index (χ1v) is 5.94. The summed E-state index contributed by atoms with van der Waals surface area (Å²) >= 11 is 0. The molecular formula is C12H20N6. The fraction of sp³-hybridized carbons (Fsp3) is 0.583. The standard InChI is InChI=1S/C12H20N6/c1-8(2)10-11(17-14)15-7-16-12(10)18(4)9(3)5-6-13/h7-9H,5,14H2,1-4H3,(H,15,16,17). The Balaban J connectivity index is 3.19. The maximum Gasteiger partial charge on any atom is 0.148 e. The average Bonchev–Trinajstić information content (AvgIpc) is 2.36. The highest BCUT2D eigenvalue weighted by atomic mass is 15.3. The first-order valence-electron chi connectivity index (χ1n) is 5.94. The van der Waals surface area contributed by atoms with E-state index in [-0.39, 0.29) is 12.0 Å². The maximum absolute atomic E-state index is 8.77. The van der Waals surface area contributed by atoms with Gasteiger partial charge >= 0.3 is 0 Å². The topological polar surface area (TPSA) is 90.9 Å². The van der Waals surface area contributed by atoms with Crippen LogP contribution in [0.25, 0.3) is 0 Å². The van der Waals surface area contributed by atoms with Crippen LogP contribution in [0.5, 0.6) is 0 Å². The minimum absolute atomic E-state index is 0.0908. The Hall–Kier alpha value is -1.87. The van der Waals surface area contributed by atoms with Gasteiger partial charge in [0, 0.05) is 18.7 Å². The number of nitrogen functional groups attached to an aromatic ring is 1. The van der Waals surface area contributed by atoms with Gasteiger partial charge in [-0.15, -0.1) is 0 Å². The first kappa shape index (κ1) is 14.2. The quantitative estimate of drug-likeness (QED) is 0.608. The molecule has 0 aliphatic rings. The number of aromatic nitrogens is 2. The van der Waals surface area contributed by atoms with Crippen LogP contribution < -0.4 is 16.2 Å². The van der Waals surface area contributed by atoms with E-state index < -0.39 is 0 Å². The summed E-state index contributed by atoms with van der Waals surface area (Å²) in [5, 5.41) is 8.77. The van der Waals surface area contributed by atoms with E-state index in [9.17, 15) is 0 Å². The number of hydrogen-bond acceptors (Lipinski definition) is 6. The van der Waals surface area contributed by atoms with Gasteiger partial charge in [-0.25, -0.2) is 15.8 Å². The van der Waals surface area contributed by atoms with E-state index >= 15 is 0 Å². The number of nitriles is 1. The number of nitrogens with two attached hydrogens (primary N) is 1. The van der Waals surface area contributed by atoms with Crippen molar-refractivity contribution in [2.75, 3.05) is 17.4 Å². The van der Waals surface area contributed by atoms with Gasteiger partial charge in [-0.2, -0.15) is 5.26 Å². The van der Waals surface area contributed by atoms with Crippen LogP contribution in [-0.4, -0.2) is 23.1 Å². The summed E-state index contributed by atoms with van der Waals surface area (Å²) in [5.74, 6) is 7.17. The molecule has 0 radical (unpaired) electrons. The predicted octanol–water partition coefficient (Wildman–Crippen LogP) is 1.62. The second-order valence-electron chi connectivity index (χ2n) is 4.58. The third-order valence-corrected chi connectivity index (χ3v) is 2.96. The van der Waals surface area contributed by atoms with Crippen LogP contribution in [0, 0.1) is 11.3 Å². The van der Waals surface area contributed by atoms with E-state index in [1.54, 1.807) is 0 Å². The lowest BCUT2D eigenvalue weighted by molar-refractivity contribution is 0.682. The second kappa shape index (κ2) is 6.17. The van der Waals surface area contributed by atoms with Crippen molar-refractivity contribution in [1.82, 2.24) is 9.97 Å². The molecule has 3 N–H and O–H groups in total. The van der Waals surface area contributed by atoms with Gasteiger partial charge < -0.3 is 10.3 Å². The molecule has 1 unspecified atom stereocenters. The van der Waals surface area contributed by atoms with Gasteiger partial charge in [-0.3, -0.25) is 0 Å². The van der Waals surface area contributed by atoms with Gasteiger partial charge in [-0.05, 0) is 12.8 Å². The summed E-state index contributed by atoms with van der Waals surface area (Å²) in [6.07, 6.45) is 1.93. The molecule has 1 atom stereocenters. The number of nitrogens with one attached hydrogen (secondary N) is 1. The Morgan fingerprint density at radius 3 is 2.61 bits per heavy atom. The lowest BCUT2D eigenvalue weighted by Gasteiger charge is -2.28. The molecular weight excluding hydrogens is 228 g/mol. The lowest BCUT2D eigenvalue weighted by atomic mass is 10.0. The summed E-state index contributed by atoms with van der Waals surface area (Å²) in [6, 6.07) is 2.26. The molecule has 6 heteroatoms. The minimum atomic E-state index is 0.0908. The summed E-state index contributed by atoms with van der Waals surface area (Å²) < 4.78 is 0. The molecule has 0 aliphatic heterocycles. The molecule has 0 spiro atoms. The molecule has 0 bridgehead atoms. The summed E-state index contributed by atoms with van der Waals surface area (Å²) in [7, 11) is 1.93. The third kappa shape index (κ3) is 2.87. The van der Waals surface area contributed by atoms with Crippen LogP contribution in [0.15, 0.2) is 6.33 Å². The summed E-state index contributed by atoms with van der Waals surface area (Å²) in [6.45, 7) is 6.11. The van der Waals surface area contributed by atoms with E-state index in [0.29, 0.717) is 12.2 Å². The summed E-state index contributed by atoms with van der Waals surface area (Å²) in [5.41, 5.74) is 3.57. The van der Waals surface area contributed by atoms with Crippen molar-refractivity contribution < 1.29 is 0 Å². The molecule has 1 rings (SSSR count). The van der Waals surface area contributed by atoms with Crippen LogP contribution >= 0.6 is 0 Å². The number of hydrazine groups is 1.